The normalized spacial score (nSPS) is 13.8. The topological polar surface area (TPSA) is 195 Å². The third-order valence-electron chi connectivity index (χ3n) is 10.7. The highest BCUT2D eigenvalue weighted by molar-refractivity contribution is 6.32. The van der Waals surface area contributed by atoms with Crippen LogP contribution in [0.2, 0.25) is 5.02 Å². The molecule has 7 N–H and O–H groups in total. The van der Waals surface area contributed by atoms with Crippen molar-refractivity contribution in [3.8, 4) is 22.6 Å². The molecule has 14 heteroatoms. The molecule has 0 fully saturated rings. The molecule has 0 saturated carbocycles. The third-order valence-corrected chi connectivity index (χ3v) is 11.0. The Labute approximate surface area is 360 Å². The summed E-state index contributed by atoms with van der Waals surface area (Å²) in [5.41, 5.74) is 12.0. The van der Waals surface area contributed by atoms with E-state index in [0.717, 1.165) is 85.1 Å². The van der Waals surface area contributed by atoms with Crippen molar-refractivity contribution in [1.82, 2.24) is 20.6 Å². The van der Waals surface area contributed by atoms with Crippen LogP contribution in [0.1, 0.15) is 60.4 Å². The summed E-state index contributed by atoms with van der Waals surface area (Å²) in [6.45, 7) is 5.76. The van der Waals surface area contributed by atoms with Crippen molar-refractivity contribution in [2.24, 2.45) is 0 Å². The fourth-order valence-corrected chi connectivity index (χ4v) is 7.69. The maximum Gasteiger partial charge on any atom is 0.306 e. The number of anilines is 1. The van der Waals surface area contributed by atoms with Crippen LogP contribution in [0.4, 0.5) is 5.69 Å². The van der Waals surface area contributed by atoms with Gasteiger partial charge in [-0.25, -0.2) is 0 Å². The molecule has 2 aromatic heterocycles. The SMILES string of the molecule is CNc1cncc(COc2cc(OCC3=C(C)C(c4cccc(-c5cnc6c(CNC[C@@H](O)CC(=O)O)cccc6c5)c4C)=CCC3)c(Cl)cc2CNC[C@@H](O)CC(=O)O)c1. The van der Waals surface area contributed by atoms with Crippen LogP contribution in [0.25, 0.3) is 27.6 Å². The average molecular weight is 850 g/mol. The maximum atomic E-state index is 11.0. The van der Waals surface area contributed by atoms with Crippen molar-refractivity contribution in [3.63, 3.8) is 0 Å². The van der Waals surface area contributed by atoms with Crippen molar-refractivity contribution in [2.45, 2.75) is 71.4 Å². The van der Waals surface area contributed by atoms with Gasteiger partial charge in [0, 0.05) is 80.0 Å². The zero-order valence-corrected chi connectivity index (χ0v) is 35.3. The van der Waals surface area contributed by atoms with E-state index in [-0.39, 0.29) is 39.1 Å². The second-order valence-corrected chi connectivity index (χ2v) is 15.5. The number of nitrogens with one attached hydrogen (secondary N) is 3. The number of pyridine rings is 2. The minimum atomic E-state index is -1.08. The molecule has 1 aliphatic carbocycles. The van der Waals surface area contributed by atoms with Crippen LogP contribution < -0.4 is 25.4 Å². The number of rotatable bonds is 21. The van der Waals surface area contributed by atoms with Gasteiger partial charge in [0.1, 0.15) is 24.7 Å². The molecule has 0 spiro atoms. The van der Waals surface area contributed by atoms with Gasteiger partial charge in [-0.15, -0.1) is 0 Å². The first-order chi connectivity index (χ1) is 29.4. The predicted octanol–water partition coefficient (Wildman–Crippen LogP) is 7.30. The van der Waals surface area contributed by atoms with E-state index < -0.39 is 24.1 Å². The molecule has 0 saturated heterocycles. The molecule has 320 valence electrons. The maximum absolute atomic E-state index is 11.0. The number of aliphatic hydroxyl groups excluding tert-OH is 2. The van der Waals surface area contributed by atoms with E-state index in [1.807, 2.05) is 37.5 Å². The highest BCUT2D eigenvalue weighted by Crippen LogP contribution is 2.39. The largest absolute Gasteiger partial charge is 0.488 e. The minimum absolute atomic E-state index is 0.0757. The van der Waals surface area contributed by atoms with E-state index in [0.29, 0.717) is 29.7 Å². The molecule has 6 rings (SSSR count). The van der Waals surface area contributed by atoms with Crippen LogP contribution in [-0.2, 0) is 29.3 Å². The lowest BCUT2D eigenvalue weighted by Crippen LogP contribution is -2.28. The Kier molecular flexibility index (Phi) is 15.5. The van der Waals surface area contributed by atoms with Gasteiger partial charge in [-0.2, -0.15) is 0 Å². The molecule has 0 radical (unpaired) electrons. The molecule has 61 heavy (non-hydrogen) atoms. The van der Waals surface area contributed by atoms with Gasteiger partial charge in [0.15, 0.2) is 0 Å². The van der Waals surface area contributed by atoms with Crippen LogP contribution in [0.3, 0.4) is 0 Å². The monoisotopic (exact) mass is 849 g/mol. The number of aliphatic hydroxyl groups is 2. The van der Waals surface area contributed by atoms with Gasteiger partial charge in [-0.3, -0.25) is 19.6 Å². The fraction of sp³-hybridized carbons (Fsp3) is 0.319. The van der Waals surface area contributed by atoms with Crippen molar-refractivity contribution in [1.29, 1.82) is 0 Å². The summed E-state index contributed by atoms with van der Waals surface area (Å²) >= 11 is 6.82. The first-order valence-corrected chi connectivity index (χ1v) is 20.6. The van der Waals surface area contributed by atoms with Crippen molar-refractivity contribution >= 4 is 45.7 Å². The first-order valence-electron chi connectivity index (χ1n) is 20.2. The molecule has 2 atom stereocenters. The Hall–Kier alpha value is -5.83. The van der Waals surface area contributed by atoms with E-state index in [1.54, 1.807) is 24.5 Å². The van der Waals surface area contributed by atoms with Crippen molar-refractivity contribution < 1.29 is 39.5 Å². The quantitative estimate of drug-likeness (QED) is 0.0389. The zero-order chi connectivity index (χ0) is 43.5. The van der Waals surface area contributed by atoms with Crippen molar-refractivity contribution in [3.05, 3.63) is 129 Å². The zero-order valence-electron chi connectivity index (χ0n) is 34.5. The minimum Gasteiger partial charge on any atom is -0.488 e. The predicted molar refractivity (Wildman–Crippen MR) is 237 cm³/mol. The number of para-hydroxylation sites is 1. The average Bonchev–Trinajstić information content (AvgIpc) is 3.23. The van der Waals surface area contributed by atoms with Gasteiger partial charge in [-0.1, -0.05) is 54.1 Å². The number of nitrogens with zero attached hydrogens (tertiary/aromatic N) is 2. The second-order valence-electron chi connectivity index (χ2n) is 15.1. The van der Waals surface area contributed by atoms with Crippen LogP contribution in [-0.4, -0.2) is 81.3 Å². The molecule has 0 unspecified atom stereocenters. The Balaban J connectivity index is 1.19. The van der Waals surface area contributed by atoms with Crippen LogP contribution in [0, 0.1) is 6.92 Å². The van der Waals surface area contributed by atoms with Gasteiger partial charge in [0.2, 0.25) is 0 Å². The number of carbonyl (C=O) groups is 2. The summed E-state index contributed by atoms with van der Waals surface area (Å²) in [4.78, 5) is 31.1. The second kappa shape index (κ2) is 21.1. The molecule has 0 aliphatic heterocycles. The van der Waals surface area contributed by atoms with Gasteiger partial charge in [0.25, 0.3) is 0 Å². The van der Waals surface area contributed by atoms with Gasteiger partial charge in [-0.05, 0) is 83.9 Å². The van der Waals surface area contributed by atoms with Crippen LogP contribution in [0.15, 0.2) is 96.5 Å². The number of allylic oxidation sites excluding steroid dienone is 3. The standard InChI is InChI=1S/C47H52ClN5O8/c1-28-33(27-61-44-18-43(60-26-30-13-36(49-3)23-50-19-30)35(15-42(44)48)21-52-25-38(55)17-46(58)59)9-5-11-40(28)41-12-6-10-39(29(41)2)34-14-31-7-4-8-32(47(31)53-22-34)20-51-24-37(54)16-45(56)57/h4,6-8,10-15,18-19,22-23,37-38,49,51-52,54-55H,5,9,16-17,20-21,24-27H2,1-3H3,(H,56,57)(H,58,59)/t37-,38-/m0/s1. The van der Waals surface area contributed by atoms with Crippen LogP contribution in [0.5, 0.6) is 11.5 Å². The van der Waals surface area contributed by atoms with Crippen molar-refractivity contribution in [2.75, 3.05) is 32.1 Å². The smallest absolute Gasteiger partial charge is 0.306 e. The van der Waals surface area contributed by atoms with E-state index in [1.165, 1.54) is 0 Å². The van der Waals surface area contributed by atoms with Crippen LogP contribution >= 0.6 is 11.6 Å². The number of ether oxygens (including phenoxy) is 2. The van der Waals surface area contributed by atoms with E-state index in [4.69, 9.17) is 36.3 Å². The summed E-state index contributed by atoms with van der Waals surface area (Å²) in [6.07, 6.45) is 6.59. The van der Waals surface area contributed by atoms with E-state index >= 15 is 0 Å². The number of aliphatic carboxylic acids is 2. The molecule has 13 nitrogen and oxygen atoms in total. The highest BCUT2D eigenvalue weighted by atomic mass is 35.5. The number of aromatic nitrogens is 2. The number of hydrogen-bond acceptors (Lipinski definition) is 11. The lowest BCUT2D eigenvalue weighted by Gasteiger charge is -2.23. The highest BCUT2D eigenvalue weighted by Gasteiger charge is 2.20. The Morgan fingerprint density at radius 3 is 2.23 bits per heavy atom. The third kappa shape index (κ3) is 11.9. The Morgan fingerprint density at radius 2 is 1.51 bits per heavy atom. The Bertz CT molecular complexity index is 2440. The molecular weight excluding hydrogens is 798 g/mol. The number of hydrogen-bond donors (Lipinski definition) is 7. The summed E-state index contributed by atoms with van der Waals surface area (Å²) in [5.74, 6) is -1.13. The summed E-state index contributed by atoms with van der Waals surface area (Å²) in [5, 5.41) is 48.7. The van der Waals surface area contributed by atoms with E-state index in [2.05, 4.69) is 65.1 Å². The Morgan fingerprint density at radius 1 is 0.820 bits per heavy atom. The molecule has 2 heterocycles. The molecule has 0 amide bonds. The molecule has 0 bridgehead atoms. The number of carboxylic acids is 2. The van der Waals surface area contributed by atoms with Gasteiger partial charge in [0.05, 0.1) is 41.3 Å². The molecule has 5 aromatic rings. The number of carboxylic acid groups (broad SMARTS) is 2. The molecular formula is C47H52ClN5O8. The summed E-state index contributed by atoms with van der Waals surface area (Å²) in [6, 6.07) is 19.9. The number of benzene rings is 3. The number of fused-ring (bicyclic) bond motifs is 1. The first kappa shape index (κ1) is 44.7. The van der Waals surface area contributed by atoms with Gasteiger partial charge >= 0.3 is 11.9 Å². The lowest BCUT2D eigenvalue weighted by molar-refractivity contribution is -0.140. The summed E-state index contributed by atoms with van der Waals surface area (Å²) in [7, 11) is 1.82. The van der Waals surface area contributed by atoms with Gasteiger partial charge < -0.3 is 45.9 Å². The molecule has 1 aliphatic rings. The van der Waals surface area contributed by atoms with E-state index in [9.17, 15) is 19.8 Å². The number of halogens is 1. The summed E-state index contributed by atoms with van der Waals surface area (Å²) < 4.78 is 12.7. The molecule has 3 aromatic carbocycles. The lowest BCUT2D eigenvalue weighted by atomic mass is 9.84. The fourth-order valence-electron chi connectivity index (χ4n) is 7.45.